The van der Waals surface area contributed by atoms with Gasteiger partial charge in [-0.25, -0.2) is 0 Å². The van der Waals surface area contributed by atoms with Gasteiger partial charge < -0.3 is 10.6 Å². The second kappa shape index (κ2) is 6.24. The average Bonchev–Trinajstić information content (AvgIpc) is 2.27. The van der Waals surface area contributed by atoms with Crippen molar-refractivity contribution >= 4 is 5.91 Å². The topological polar surface area (TPSA) is 46.3 Å². The number of hydrogen-bond acceptors (Lipinski definition) is 2. The Morgan fingerprint density at radius 1 is 1.38 bits per heavy atom. The first-order valence-corrected chi connectivity index (χ1v) is 6.59. The minimum atomic E-state index is -0.293. The minimum Gasteiger partial charge on any atom is -0.341 e. The molecule has 1 heterocycles. The van der Waals surface area contributed by atoms with Gasteiger partial charge in [0.25, 0.3) is 0 Å². The number of hydrogen-bond donors (Lipinski definition) is 1. The minimum absolute atomic E-state index is 0.156. The van der Waals surface area contributed by atoms with Crippen molar-refractivity contribution in [2.45, 2.75) is 52.5 Å². The van der Waals surface area contributed by atoms with Gasteiger partial charge in [-0.05, 0) is 31.1 Å². The summed E-state index contributed by atoms with van der Waals surface area (Å²) in [6, 6.07) is -0.293. The van der Waals surface area contributed by atoms with Crippen LogP contribution in [0.15, 0.2) is 0 Å². The van der Waals surface area contributed by atoms with Crippen LogP contribution < -0.4 is 5.73 Å². The molecule has 2 N–H and O–H groups in total. The summed E-state index contributed by atoms with van der Waals surface area (Å²) in [6.07, 6.45) is 4.33. The van der Waals surface area contributed by atoms with Gasteiger partial charge in [0.15, 0.2) is 0 Å². The van der Waals surface area contributed by atoms with Crippen molar-refractivity contribution in [3.63, 3.8) is 0 Å². The fourth-order valence-corrected chi connectivity index (χ4v) is 2.40. The number of piperidine rings is 1. The summed E-state index contributed by atoms with van der Waals surface area (Å²) in [4.78, 5) is 14.0. The second-order valence-electron chi connectivity index (χ2n) is 5.41. The normalized spacial score (nSPS) is 20.2. The summed E-state index contributed by atoms with van der Waals surface area (Å²) in [5, 5.41) is 0. The molecule has 1 fully saturated rings. The van der Waals surface area contributed by atoms with Crippen LogP contribution >= 0.6 is 0 Å². The Morgan fingerprint density at radius 2 is 1.94 bits per heavy atom. The monoisotopic (exact) mass is 226 g/mol. The molecule has 3 heteroatoms. The van der Waals surface area contributed by atoms with E-state index in [1.807, 2.05) is 4.90 Å². The lowest BCUT2D eigenvalue weighted by molar-refractivity contribution is -0.134. The van der Waals surface area contributed by atoms with Gasteiger partial charge in [0.05, 0.1) is 6.04 Å². The zero-order valence-corrected chi connectivity index (χ0v) is 10.9. The summed E-state index contributed by atoms with van der Waals surface area (Å²) >= 11 is 0. The molecule has 0 aliphatic carbocycles. The van der Waals surface area contributed by atoms with E-state index >= 15 is 0 Å². The lowest BCUT2D eigenvalue weighted by Gasteiger charge is -2.33. The molecule has 1 aliphatic heterocycles. The summed E-state index contributed by atoms with van der Waals surface area (Å²) in [6.45, 7) is 8.26. The smallest absolute Gasteiger partial charge is 0.239 e. The van der Waals surface area contributed by atoms with E-state index in [4.69, 9.17) is 5.73 Å². The van der Waals surface area contributed by atoms with Crippen LogP contribution in [0, 0.1) is 11.8 Å². The van der Waals surface area contributed by atoms with E-state index < -0.39 is 0 Å². The first-order chi connectivity index (χ1) is 7.54. The van der Waals surface area contributed by atoms with Gasteiger partial charge in [-0.1, -0.05) is 27.2 Å². The van der Waals surface area contributed by atoms with Gasteiger partial charge in [-0.15, -0.1) is 0 Å². The van der Waals surface area contributed by atoms with Crippen LogP contribution in [0.3, 0.4) is 0 Å². The van der Waals surface area contributed by atoms with Crippen LogP contribution in [0.4, 0.5) is 0 Å². The van der Waals surface area contributed by atoms with Crippen LogP contribution in [0.1, 0.15) is 46.5 Å². The highest BCUT2D eigenvalue weighted by Gasteiger charge is 2.25. The molecule has 1 atom stereocenters. The summed E-state index contributed by atoms with van der Waals surface area (Å²) in [5.74, 6) is 1.46. The van der Waals surface area contributed by atoms with E-state index in [1.54, 1.807) is 0 Å². The number of nitrogens with two attached hydrogens (primary N) is 1. The van der Waals surface area contributed by atoms with Crippen LogP contribution in [-0.4, -0.2) is 29.9 Å². The van der Waals surface area contributed by atoms with Crippen molar-refractivity contribution < 1.29 is 4.79 Å². The van der Waals surface area contributed by atoms with E-state index in [2.05, 4.69) is 20.8 Å². The van der Waals surface area contributed by atoms with Crippen LogP contribution in [0.5, 0.6) is 0 Å². The first kappa shape index (κ1) is 13.5. The summed E-state index contributed by atoms with van der Waals surface area (Å²) in [7, 11) is 0. The molecule has 94 valence electrons. The molecule has 1 amide bonds. The lowest BCUT2D eigenvalue weighted by Crippen LogP contribution is -2.47. The standard InChI is InChI=1S/C13H26N2O/c1-4-11-5-7-15(8-6-11)13(16)12(14)9-10(2)3/h10-12H,4-9,14H2,1-3H3/t12-/m0/s1. The van der Waals surface area contributed by atoms with E-state index in [9.17, 15) is 4.79 Å². The number of nitrogens with zero attached hydrogens (tertiary/aromatic N) is 1. The maximum absolute atomic E-state index is 12.0. The molecule has 16 heavy (non-hydrogen) atoms. The van der Waals surface area contributed by atoms with Crippen molar-refractivity contribution in [2.75, 3.05) is 13.1 Å². The molecule has 3 nitrogen and oxygen atoms in total. The van der Waals surface area contributed by atoms with Crippen molar-refractivity contribution in [2.24, 2.45) is 17.6 Å². The largest absolute Gasteiger partial charge is 0.341 e. The quantitative estimate of drug-likeness (QED) is 0.797. The molecule has 0 aromatic carbocycles. The van der Waals surface area contributed by atoms with Crippen molar-refractivity contribution in [3.05, 3.63) is 0 Å². The number of rotatable bonds is 4. The lowest BCUT2D eigenvalue weighted by atomic mass is 9.93. The number of carbonyl (C=O) groups excluding carboxylic acids is 1. The van der Waals surface area contributed by atoms with Gasteiger partial charge in [-0.3, -0.25) is 4.79 Å². The Morgan fingerprint density at radius 3 is 2.38 bits per heavy atom. The highest BCUT2D eigenvalue weighted by atomic mass is 16.2. The fourth-order valence-electron chi connectivity index (χ4n) is 2.40. The molecule has 1 rings (SSSR count). The Kier molecular flexibility index (Phi) is 5.26. The third kappa shape index (κ3) is 3.78. The summed E-state index contributed by atoms with van der Waals surface area (Å²) < 4.78 is 0. The van der Waals surface area contributed by atoms with Gasteiger partial charge in [0.2, 0.25) is 5.91 Å². The zero-order valence-electron chi connectivity index (χ0n) is 10.9. The molecule has 0 saturated carbocycles. The molecule has 0 radical (unpaired) electrons. The Balaban J connectivity index is 2.38. The van der Waals surface area contributed by atoms with E-state index in [0.717, 1.165) is 38.3 Å². The van der Waals surface area contributed by atoms with Gasteiger partial charge >= 0.3 is 0 Å². The maximum Gasteiger partial charge on any atom is 0.239 e. The van der Waals surface area contributed by atoms with Crippen molar-refractivity contribution in [1.82, 2.24) is 4.90 Å². The number of carbonyl (C=O) groups is 1. The Labute approximate surface area is 99.4 Å². The SMILES string of the molecule is CCC1CCN(C(=O)[C@@H](N)CC(C)C)CC1. The van der Waals surface area contributed by atoms with E-state index in [0.29, 0.717) is 5.92 Å². The molecular weight excluding hydrogens is 200 g/mol. The molecule has 0 unspecified atom stereocenters. The van der Waals surface area contributed by atoms with Crippen LogP contribution in [0.2, 0.25) is 0 Å². The molecule has 0 aromatic heterocycles. The Hall–Kier alpha value is -0.570. The molecule has 1 saturated heterocycles. The highest BCUT2D eigenvalue weighted by molar-refractivity contribution is 5.81. The third-order valence-corrected chi connectivity index (χ3v) is 3.55. The van der Waals surface area contributed by atoms with Crippen molar-refractivity contribution in [1.29, 1.82) is 0 Å². The zero-order chi connectivity index (χ0) is 12.1. The fraction of sp³-hybridized carbons (Fsp3) is 0.923. The van der Waals surface area contributed by atoms with Crippen LogP contribution in [0.25, 0.3) is 0 Å². The molecular formula is C13H26N2O. The predicted molar refractivity (Wildman–Crippen MR) is 67.0 cm³/mol. The first-order valence-electron chi connectivity index (χ1n) is 6.59. The Bertz CT molecular complexity index is 220. The molecule has 1 aliphatic rings. The summed E-state index contributed by atoms with van der Waals surface area (Å²) in [5.41, 5.74) is 5.92. The van der Waals surface area contributed by atoms with Crippen LogP contribution in [-0.2, 0) is 4.79 Å². The predicted octanol–water partition coefficient (Wildman–Crippen LogP) is 2.01. The highest BCUT2D eigenvalue weighted by Crippen LogP contribution is 2.20. The second-order valence-corrected chi connectivity index (χ2v) is 5.41. The van der Waals surface area contributed by atoms with Gasteiger partial charge in [-0.2, -0.15) is 0 Å². The van der Waals surface area contributed by atoms with Gasteiger partial charge in [0.1, 0.15) is 0 Å². The average molecular weight is 226 g/mol. The molecule has 0 spiro atoms. The number of likely N-dealkylation sites (tertiary alicyclic amines) is 1. The van der Waals surface area contributed by atoms with E-state index in [-0.39, 0.29) is 11.9 Å². The number of amides is 1. The van der Waals surface area contributed by atoms with Gasteiger partial charge in [0, 0.05) is 13.1 Å². The maximum atomic E-state index is 12.0. The van der Waals surface area contributed by atoms with E-state index in [1.165, 1.54) is 6.42 Å². The molecule has 0 bridgehead atoms. The third-order valence-electron chi connectivity index (χ3n) is 3.55. The molecule has 0 aromatic rings. The van der Waals surface area contributed by atoms with Crippen molar-refractivity contribution in [3.8, 4) is 0 Å².